The van der Waals surface area contributed by atoms with Crippen LogP contribution in [0.25, 0.3) is 0 Å². The van der Waals surface area contributed by atoms with Gasteiger partial charge in [0.15, 0.2) is 0 Å². The van der Waals surface area contributed by atoms with Crippen LogP contribution in [0.1, 0.15) is 25.5 Å². The Morgan fingerprint density at radius 3 is 2.89 bits per heavy atom. The van der Waals surface area contributed by atoms with Crippen LogP contribution in [0.4, 0.5) is 5.69 Å². The number of nitrogens with one attached hydrogen (secondary N) is 1. The SMILES string of the molecule is CCc1cc(NC2CCN(CCOC)CC2)ccn1. The van der Waals surface area contributed by atoms with Gasteiger partial charge in [-0.25, -0.2) is 0 Å². The van der Waals surface area contributed by atoms with Crippen LogP contribution in [0, 0.1) is 0 Å². The number of nitrogens with zero attached hydrogens (tertiary/aromatic N) is 2. The molecule has 2 heterocycles. The number of anilines is 1. The van der Waals surface area contributed by atoms with E-state index in [0.29, 0.717) is 6.04 Å². The minimum Gasteiger partial charge on any atom is -0.383 e. The molecule has 0 unspecified atom stereocenters. The van der Waals surface area contributed by atoms with Crippen LogP contribution >= 0.6 is 0 Å². The van der Waals surface area contributed by atoms with E-state index in [9.17, 15) is 0 Å². The van der Waals surface area contributed by atoms with Crippen molar-refractivity contribution in [3.63, 3.8) is 0 Å². The lowest BCUT2D eigenvalue weighted by Gasteiger charge is -2.32. The number of pyridine rings is 1. The highest BCUT2D eigenvalue weighted by molar-refractivity contribution is 5.44. The van der Waals surface area contributed by atoms with Crippen LogP contribution in [-0.2, 0) is 11.2 Å². The van der Waals surface area contributed by atoms with Crippen molar-refractivity contribution < 1.29 is 4.74 Å². The highest BCUT2D eigenvalue weighted by Crippen LogP contribution is 2.17. The van der Waals surface area contributed by atoms with Crippen LogP contribution in [0.15, 0.2) is 18.3 Å². The van der Waals surface area contributed by atoms with Crippen LogP contribution in [0.5, 0.6) is 0 Å². The van der Waals surface area contributed by atoms with Crippen molar-refractivity contribution >= 4 is 5.69 Å². The molecule has 2 rings (SSSR count). The summed E-state index contributed by atoms with van der Waals surface area (Å²) in [5.74, 6) is 0. The number of hydrogen-bond donors (Lipinski definition) is 1. The van der Waals surface area contributed by atoms with Crippen molar-refractivity contribution in [1.82, 2.24) is 9.88 Å². The molecule has 4 heteroatoms. The standard InChI is InChI=1S/C15H25N3O/c1-3-13-12-15(4-7-16-13)17-14-5-8-18(9-6-14)10-11-19-2/h4,7,12,14H,3,5-6,8-11H2,1-2H3,(H,16,17). The second kappa shape index (κ2) is 7.46. The zero-order valence-corrected chi connectivity index (χ0v) is 12.1. The Balaban J connectivity index is 1.78. The lowest BCUT2D eigenvalue weighted by Crippen LogP contribution is -2.40. The van der Waals surface area contributed by atoms with E-state index in [1.165, 1.54) is 18.5 Å². The molecule has 0 spiro atoms. The van der Waals surface area contributed by atoms with Crippen molar-refractivity contribution in [2.75, 3.05) is 38.7 Å². The van der Waals surface area contributed by atoms with E-state index in [2.05, 4.69) is 34.3 Å². The third kappa shape index (κ3) is 4.48. The molecule has 4 nitrogen and oxygen atoms in total. The van der Waals surface area contributed by atoms with E-state index < -0.39 is 0 Å². The molecule has 1 aromatic heterocycles. The van der Waals surface area contributed by atoms with Crippen LogP contribution in [-0.4, -0.2) is 49.3 Å². The molecule has 1 aliphatic rings. The second-order valence-corrected chi connectivity index (χ2v) is 5.14. The molecule has 106 valence electrons. The summed E-state index contributed by atoms with van der Waals surface area (Å²) < 4.78 is 5.13. The number of aromatic nitrogens is 1. The molecule has 0 atom stereocenters. The summed E-state index contributed by atoms with van der Waals surface area (Å²) in [7, 11) is 1.77. The average molecular weight is 263 g/mol. The number of likely N-dealkylation sites (tertiary alicyclic amines) is 1. The van der Waals surface area contributed by atoms with Gasteiger partial charge in [0.25, 0.3) is 0 Å². The van der Waals surface area contributed by atoms with Gasteiger partial charge in [0.1, 0.15) is 0 Å². The van der Waals surface area contributed by atoms with Gasteiger partial charge in [-0.3, -0.25) is 4.98 Å². The third-order valence-electron chi connectivity index (χ3n) is 3.75. The predicted molar refractivity (Wildman–Crippen MR) is 78.6 cm³/mol. The minimum absolute atomic E-state index is 0.589. The molecule has 1 aliphatic heterocycles. The van der Waals surface area contributed by atoms with Gasteiger partial charge in [0.2, 0.25) is 0 Å². The molecule has 19 heavy (non-hydrogen) atoms. The molecule has 1 fully saturated rings. The molecule has 0 aliphatic carbocycles. The molecular weight excluding hydrogens is 238 g/mol. The lowest BCUT2D eigenvalue weighted by atomic mass is 10.0. The first kappa shape index (κ1) is 14.3. The number of piperidine rings is 1. The van der Waals surface area contributed by atoms with Gasteiger partial charge in [-0.2, -0.15) is 0 Å². The monoisotopic (exact) mass is 263 g/mol. The largest absolute Gasteiger partial charge is 0.383 e. The number of hydrogen-bond acceptors (Lipinski definition) is 4. The van der Waals surface area contributed by atoms with E-state index in [-0.39, 0.29) is 0 Å². The maximum Gasteiger partial charge on any atom is 0.0589 e. The first-order chi connectivity index (χ1) is 9.31. The van der Waals surface area contributed by atoms with Crippen LogP contribution in [0.3, 0.4) is 0 Å². The smallest absolute Gasteiger partial charge is 0.0589 e. The van der Waals surface area contributed by atoms with E-state index in [4.69, 9.17) is 4.74 Å². The summed E-state index contributed by atoms with van der Waals surface area (Å²) >= 11 is 0. The molecule has 0 bridgehead atoms. The van der Waals surface area contributed by atoms with E-state index in [1.807, 2.05) is 6.20 Å². The highest BCUT2D eigenvalue weighted by Gasteiger charge is 2.18. The van der Waals surface area contributed by atoms with E-state index >= 15 is 0 Å². The van der Waals surface area contributed by atoms with Crippen molar-refractivity contribution in [2.45, 2.75) is 32.2 Å². The lowest BCUT2D eigenvalue weighted by molar-refractivity contribution is 0.132. The minimum atomic E-state index is 0.589. The molecule has 0 amide bonds. The van der Waals surface area contributed by atoms with Gasteiger partial charge in [0.05, 0.1) is 6.61 Å². The topological polar surface area (TPSA) is 37.4 Å². The summed E-state index contributed by atoms with van der Waals surface area (Å²) in [4.78, 5) is 6.81. The normalized spacial score (nSPS) is 17.6. The van der Waals surface area contributed by atoms with Gasteiger partial charge in [-0.05, 0) is 31.4 Å². The predicted octanol–water partition coefficient (Wildman–Crippen LogP) is 2.17. The third-order valence-corrected chi connectivity index (χ3v) is 3.75. The zero-order chi connectivity index (χ0) is 13.5. The first-order valence-corrected chi connectivity index (χ1v) is 7.24. The number of methoxy groups -OCH3 is 1. The fourth-order valence-corrected chi connectivity index (χ4v) is 2.52. The summed E-state index contributed by atoms with van der Waals surface area (Å²) in [5.41, 5.74) is 2.37. The Labute approximate surface area is 116 Å². The van der Waals surface area contributed by atoms with Gasteiger partial charge < -0.3 is 15.0 Å². The number of ether oxygens (including phenoxy) is 1. The number of aryl methyl sites for hydroxylation is 1. The fourth-order valence-electron chi connectivity index (χ4n) is 2.52. The summed E-state index contributed by atoms with van der Waals surface area (Å²) in [6.45, 7) is 6.35. The average Bonchev–Trinajstić information content (AvgIpc) is 2.47. The highest BCUT2D eigenvalue weighted by atomic mass is 16.5. The Morgan fingerprint density at radius 1 is 1.42 bits per heavy atom. The molecule has 0 saturated carbocycles. The molecule has 0 radical (unpaired) electrons. The summed E-state index contributed by atoms with van der Waals surface area (Å²) in [6.07, 6.45) is 5.29. The molecule has 1 saturated heterocycles. The Morgan fingerprint density at radius 2 is 2.21 bits per heavy atom. The van der Waals surface area contributed by atoms with Crippen molar-refractivity contribution in [3.05, 3.63) is 24.0 Å². The molecule has 0 aromatic carbocycles. The summed E-state index contributed by atoms with van der Waals surface area (Å²) in [5, 5.41) is 3.63. The zero-order valence-electron chi connectivity index (χ0n) is 12.1. The second-order valence-electron chi connectivity index (χ2n) is 5.14. The van der Waals surface area contributed by atoms with Gasteiger partial charge in [-0.1, -0.05) is 6.92 Å². The quantitative estimate of drug-likeness (QED) is 0.853. The first-order valence-electron chi connectivity index (χ1n) is 7.24. The molecule has 1 N–H and O–H groups in total. The van der Waals surface area contributed by atoms with Gasteiger partial charge in [0, 0.05) is 50.4 Å². The van der Waals surface area contributed by atoms with Crippen LogP contribution < -0.4 is 5.32 Å². The Bertz CT molecular complexity index is 375. The van der Waals surface area contributed by atoms with Crippen LogP contribution in [0.2, 0.25) is 0 Å². The van der Waals surface area contributed by atoms with Crippen molar-refractivity contribution in [2.24, 2.45) is 0 Å². The number of rotatable bonds is 6. The molecular formula is C15H25N3O. The fraction of sp³-hybridized carbons (Fsp3) is 0.667. The van der Waals surface area contributed by atoms with E-state index in [1.54, 1.807) is 7.11 Å². The maximum absolute atomic E-state index is 5.13. The summed E-state index contributed by atoms with van der Waals surface area (Å²) in [6, 6.07) is 4.82. The molecule has 1 aromatic rings. The van der Waals surface area contributed by atoms with E-state index in [0.717, 1.165) is 38.4 Å². The van der Waals surface area contributed by atoms with Crippen molar-refractivity contribution in [1.29, 1.82) is 0 Å². The Hall–Kier alpha value is -1.13. The van der Waals surface area contributed by atoms with Gasteiger partial charge in [-0.15, -0.1) is 0 Å². The maximum atomic E-state index is 5.13. The van der Waals surface area contributed by atoms with Crippen molar-refractivity contribution in [3.8, 4) is 0 Å². The Kier molecular flexibility index (Phi) is 5.61. The van der Waals surface area contributed by atoms with Gasteiger partial charge >= 0.3 is 0 Å².